The molecule has 1 rings (SSSR count). The van der Waals surface area contributed by atoms with Crippen LogP contribution < -0.4 is 11.5 Å². The molecule has 0 aliphatic carbocycles. The lowest BCUT2D eigenvalue weighted by Crippen LogP contribution is -1.93. The maximum Gasteiger partial charge on any atom is 0.183 e. The van der Waals surface area contributed by atoms with E-state index in [-0.39, 0.29) is 0 Å². The Hall–Kier alpha value is -1.75. The van der Waals surface area contributed by atoms with Crippen LogP contribution in [0.5, 0.6) is 0 Å². The van der Waals surface area contributed by atoms with E-state index >= 15 is 0 Å². The number of aromatic amines is 1. The number of nitrogens with one attached hydrogen (secondary N) is 1. The molecule has 1 heterocycles. The zero-order chi connectivity index (χ0) is 9.52. The summed E-state index contributed by atoms with van der Waals surface area (Å²) in [5.41, 5.74) is 11.1. The Labute approximate surface area is 76.7 Å². The summed E-state index contributed by atoms with van der Waals surface area (Å²) in [6.07, 6.45) is 1.61. The van der Waals surface area contributed by atoms with Crippen LogP contribution in [-0.4, -0.2) is 23.1 Å². The third kappa shape index (κ3) is 3.00. The third-order valence-corrected chi connectivity index (χ3v) is 1.21. The highest BCUT2D eigenvalue weighted by Gasteiger charge is 1.91. The van der Waals surface area contributed by atoms with E-state index in [2.05, 4.69) is 33.6 Å². The molecule has 4 heteroatoms. The molecule has 5 N–H and O–H groups in total. The van der Waals surface area contributed by atoms with Crippen LogP contribution >= 0.6 is 0 Å². The number of nitrogens with zero attached hydrogens (tertiary/aromatic N) is 1. The second-order valence-corrected chi connectivity index (χ2v) is 2.16. The average molecular weight is 174 g/mol. The van der Waals surface area contributed by atoms with E-state index in [1.165, 1.54) is 0 Å². The molecule has 0 aromatic carbocycles. The first-order valence-electron chi connectivity index (χ1n) is 3.79. The Balaban J connectivity index is 2.75. The number of hydrogen-bond acceptors (Lipinski definition) is 3. The summed E-state index contributed by atoms with van der Waals surface area (Å²) in [6, 6.07) is 0. The summed E-state index contributed by atoms with van der Waals surface area (Å²) >= 11 is 0. The van der Waals surface area contributed by atoms with Crippen LogP contribution in [0.25, 0.3) is 0 Å². The number of imidazole rings is 1. The van der Waals surface area contributed by atoms with Gasteiger partial charge in [0.2, 0.25) is 0 Å². The molecule has 0 unspecified atom stereocenters. The van der Waals surface area contributed by atoms with Gasteiger partial charge in [0, 0.05) is 0 Å². The summed E-state index contributed by atoms with van der Waals surface area (Å²) in [7, 11) is 0. The third-order valence-electron chi connectivity index (χ3n) is 1.21. The molecule has 0 aliphatic rings. The van der Waals surface area contributed by atoms with Gasteiger partial charge in [0.25, 0.3) is 0 Å². The number of aromatic nitrogens is 2. The number of rotatable bonds is 0. The highest BCUT2D eigenvalue weighted by Crippen LogP contribution is 1.92. The molecule has 66 valence electrons. The second kappa shape index (κ2) is 5.00. The van der Waals surface area contributed by atoms with Crippen molar-refractivity contribution in [1.29, 1.82) is 0 Å². The molecule has 0 aliphatic heterocycles. The summed E-state index contributed by atoms with van der Waals surface area (Å²) in [5.74, 6) is 11.5. The van der Waals surface area contributed by atoms with Gasteiger partial charge in [-0.25, -0.2) is 4.98 Å². The summed E-state index contributed by atoms with van der Waals surface area (Å²) in [6.45, 7) is 0.660. The zero-order valence-corrected chi connectivity index (χ0v) is 7.09. The first kappa shape index (κ1) is 9.34. The van der Waals surface area contributed by atoms with Gasteiger partial charge in [-0.2, -0.15) is 0 Å². The van der Waals surface area contributed by atoms with Gasteiger partial charge in [-0.05, 0) is 11.8 Å². The Morgan fingerprint density at radius 1 is 1.23 bits per heavy atom. The molecule has 0 fully saturated rings. The molecular formula is C9H10N4. The molecule has 0 radical (unpaired) electrons. The van der Waals surface area contributed by atoms with Gasteiger partial charge in [0.1, 0.15) is 5.69 Å². The van der Waals surface area contributed by atoms with E-state index in [0.717, 1.165) is 0 Å². The maximum atomic E-state index is 5.21. The molecule has 1 aromatic rings. The largest absolute Gasteiger partial charge is 0.325 e. The summed E-state index contributed by atoms with van der Waals surface area (Å²) in [4.78, 5) is 6.89. The fourth-order valence-electron chi connectivity index (χ4n) is 0.729. The smallest absolute Gasteiger partial charge is 0.183 e. The van der Waals surface area contributed by atoms with E-state index < -0.39 is 0 Å². The normalized spacial score (nSPS) is 8.15. The van der Waals surface area contributed by atoms with Crippen LogP contribution in [0.4, 0.5) is 0 Å². The van der Waals surface area contributed by atoms with Gasteiger partial charge in [0.15, 0.2) is 5.82 Å². The van der Waals surface area contributed by atoms with Crippen molar-refractivity contribution in [1.82, 2.24) is 9.97 Å². The molecule has 0 atom stereocenters. The van der Waals surface area contributed by atoms with E-state index in [4.69, 9.17) is 11.5 Å². The Morgan fingerprint density at radius 3 is 2.62 bits per heavy atom. The van der Waals surface area contributed by atoms with Crippen LogP contribution in [0.1, 0.15) is 11.5 Å². The number of hydrogen-bond donors (Lipinski definition) is 3. The van der Waals surface area contributed by atoms with E-state index in [0.29, 0.717) is 24.6 Å². The van der Waals surface area contributed by atoms with Crippen LogP contribution in [0, 0.1) is 23.7 Å². The molecule has 0 saturated carbocycles. The fraction of sp³-hybridized carbons (Fsp3) is 0.222. The van der Waals surface area contributed by atoms with Crippen molar-refractivity contribution in [3.05, 3.63) is 17.7 Å². The van der Waals surface area contributed by atoms with E-state index in [1.807, 2.05) is 0 Å². The van der Waals surface area contributed by atoms with Gasteiger partial charge < -0.3 is 16.5 Å². The van der Waals surface area contributed by atoms with Gasteiger partial charge >= 0.3 is 0 Å². The minimum absolute atomic E-state index is 0.324. The van der Waals surface area contributed by atoms with Crippen molar-refractivity contribution < 1.29 is 0 Å². The standard InChI is InChI=1S/C9H10N4/c10-5-1-3-8-7-12-9(13-8)4-2-6-11/h7H,5-6,10-11H2,(H,12,13). The Kier molecular flexibility index (Phi) is 3.59. The van der Waals surface area contributed by atoms with E-state index in [1.54, 1.807) is 6.20 Å². The molecule has 0 spiro atoms. The summed E-state index contributed by atoms with van der Waals surface area (Å²) < 4.78 is 0. The highest BCUT2D eigenvalue weighted by molar-refractivity contribution is 5.31. The van der Waals surface area contributed by atoms with Crippen molar-refractivity contribution in [2.24, 2.45) is 11.5 Å². The minimum Gasteiger partial charge on any atom is -0.325 e. The average Bonchev–Trinajstić information content (AvgIpc) is 2.59. The monoisotopic (exact) mass is 174 g/mol. The van der Waals surface area contributed by atoms with Gasteiger partial charge in [-0.1, -0.05) is 11.8 Å². The zero-order valence-electron chi connectivity index (χ0n) is 7.09. The van der Waals surface area contributed by atoms with Gasteiger partial charge in [0.05, 0.1) is 19.3 Å². The van der Waals surface area contributed by atoms with Crippen LogP contribution in [0.15, 0.2) is 6.20 Å². The minimum atomic E-state index is 0.324. The van der Waals surface area contributed by atoms with E-state index in [9.17, 15) is 0 Å². The number of H-pyrrole nitrogens is 1. The Morgan fingerprint density at radius 2 is 1.92 bits per heavy atom. The van der Waals surface area contributed by atoms with Crippen LogP contribution in [0.3, 0.4) is 0 Å². The van der Waals surface area contributed by atoms with Gasteiger partial charge in [-0.3, -0.25) is 0 Å². The fourth-order valence-corrected chi connectivity index (χ4v) is 0.729. The molecule has 13 heavy (non-hydrogen) atoms. The molecular weight excluding hydrogens is 164 g/mol. The maximum absolute atomic E-state index is 5.21. The SMILES string of the molecule is NCC#Cc1cnc(C#CCN)[nH]1. The van der Waals surface area contributed by atoms with Crippen LogP contribution in [-0.2, 0) is 0 Å². The topological polar surface area (TPSA) is 80.7 Å². The lowest BCUT2D eigenvalue weighted by Gasteiger charge is -1.78. The van der Waals surface area contributed by atoms with Crippen molar-refractivity contribution in [2.75, 3.05) is 13.1 Å². The number of nitrogens with two attached hydrogens (primary N) is 2. The predicted molar refractivity (Wildman–Crippen MR) is 50.5 cm³/mol. The molecule has 0 bridgehead atoms. The van der Waals surface area contributed by atoms with Crippen molar-refractivity contribution in [3.8, 4) is 23.7 Å². The predicted octanol–water partition coefficient (Wildman–Crippen LogP) is -0.970. The molecule has 4 nitrogen and oxygen atoms in total. The summed E-state index contributed by atoms with van der Waals surface area (Å²) in [5, 5.41) is 0. The van der Waals surface area contributed by atoms with Crippen molar-refractivity contribution >= 4 is 0 Å². The molecule has 0 saturated heterocycles. The van der Waals surface area contributed by atoms with Crippen molar-refractivity contribution in [3.63, 3.8) is 0 Å². The first-order valence-corrected chi connectivity index (χ1v) is 3.79. The second-order valence-electron chi connectivity index (χ2n) is 2.16. The van der Waals surface area contributed by atoms with Gasteiger partial charge in [-0.15, -0.1) is 0 Å². The quantitative estimate of drug-likeness (QED) is 0.443. The Bertz CT molecular complexity index is 346. The lowest BCUT2D eigenvalue weighted by atomic mass is 10.4. The molecule has 1 aromatic heterocycles. The lowest BCUT2D eigenvalue weighted by molar-refractivity contribution is 1.23. The van der Waals surface area contributed by atoms with Crippen molar-refractivity contribution in [2.45, 2.75) is 0 Å². The highest BCUT2D eigenvalue weighted by atomic mass is 14.9. The van der Waals surface area contributed by atoms with Crippen LogP contribution in [0.2, 0.25) is 0 Å². The first-order chi connectivity index (χ1) is 6.36. The molecule has 0 amide bonds.